The van der Waals surface area contributed by atoms with Gasteiger partial charge in [-0.2, -0.15) is 5.10 Å². The van der Waals surface area contributed by atoms with E-state index < -0.39 is 0 Å². The Labute approximate surface area is 136 Å². The second-order valence-electron chi connectivity index (χ2n) is 6.34. The molecule has 3 rings (SSSR count). The van der Waals surface area contributed by atoms with Crippen molar-refractivity contribution >= 4 is 10.9 Å². The molecule has 0 saturated heterocycles. The highest BCUT2D eigenvalue weighted by Gasteiger charge is 2.15. The lowest BCUT2D eigenvalue weighted by Crippen LogP contribution is -2.17. The average Bonchev–Trinajstić information content (AvgIpc) is 3.07. The van der Waals surface area contributed by atoms with E-state index >= 15 is 0 Å². The predicted molar refractivity (Wildman–Crippen MR) is 92.9 cm³/mol. The molecule has 0 saturated carbocycles. The quantitative estimate of drug-likeness (QED) is 0.754. The van der Waals surface area contributed by atoms with Gasteiger partial charge in [-0.1, -0.05) is 26.8 Å². The Morgan fingerprint density at radius 3 is 2.65 bits per heavy atom. The van der Waals surface area contributed by atoms with Gasteiger partial charge < -0.3 is 5.73 Å². The summed E-state index contributed by atoms with van der Waals surface area (Å²) in [5.41, 5.74) is 10.5. The average molecular weight is 309 g/mol. The fourth-order valence-electron chi connectivity index (χ4n) is 2.85. The molecule has 0 amide bonds. The van der Waals surface area contributed by atoms with Crippen LogP contribution in [0.4, 0.5) is 0 Å². The first-order valence-electron chi connectivity index (χ1n) is 8.13. The normalized spacial score (nSPS) is 12.9. The van der Waals surface area contributed by atoms with Crippen LogP contribution < -0.4 is 5.73 Å². The van der Waals surface area contributed by atoms with Crippen molar-refractivity contribution in [2.75, 3.05) is 0 Å². The smallest absolute Gasteiger partial charge is 0.145 e. The van der Waals surface area contributed by atoms with Crippen molar-refractivity contribution < 1.29 is 0 Å². The maximum absolute atomic E-state index is 6.28. The van der Waals surface area contributed by atoms with E-state index in [1.165, 1.54) is 0 Å². The Bertz CT molecular complexity index is 793. The Balaban J connectivity index is 2.07. The first kappa shape index (κ1) is 15.6. The van der Waals surface area contributed by atoms with Gasteiger partial charge in [-0.05, 0) is 36.5 Å². The van der Waals surface area contributed by atoms with Crippen LogP contribution >= 0.6 is 0 Å². The summed E-state index contributed by atoms with van der Waals surface area (Å²) in [4.78, 5) is 9.43. The minimum absolute atomic E-state index is 0.113. The Hall–Kier alpha value is -2.27. The number of hydrogen-bond acceptors (Lipinski definition) is 4. The van der Waals surface area contributed by atoms with Crippen molar-refractivity contribution in [1.29, 1.82) is 0 Å². The molecule has 0 bridgehead atoms. The third-order valence-corrected chi connectivity index (χ3v) is 4.02. The highest BCUT2D eigenvalue weighted by molar-refractivity contribution is 5.86. The number of aromatic amines is 1. The largest absolute Gasteiger partial charge is 0.321 e. The number of aryl methyl sites for hydroxylation is 1. The van der Waals surface area contributed by atoms with Gasteiger partial charge in [0, 0.05) is 17.1 Å². The first-order chi connectivity index (χ1) is 11.1. The molecule has 0 aliphatic carbocycles. The number of H-pyrrole nitrogens is 1. The van der Waals surface area contributed by atoms with E-state index in [9.17, 15) is 0 Å². The maximum Gasteiger partial charge on any atom is 0.145 e. The SMILES string of the molecule is CCc1nc(C(N)CC(C)C)nc2ccc(-c3cn[nH]c3)cc12. The molecule has 120 valence electrons. The molecular formula is C18H23N5. The highest BCUT2D eigenvalue weighted by Crippen LogP contribution is 2.26. The maximum atomic E-state index is 6.28. The van der Waals surface area contributed by atoms with E-state index in [-0.39, 0.29) is 6.04 Å². The second-order valence-corrected chi connectivity index (χ2v) is 6.34. The molecule has 3 N–H and O–H groups in total. The number of fused-ring (bicyclic) bond motifs is 1. The van der Waals surface area contributed by atoms with Crippen LogP contribution in [0.2, 0.25) is 0 Å². The fourth-order valence-corrected chi connectivity index (χ4v) is 2.85. The van der Waals surface area contributed by atoms with Gasteiger partial charge in [0.1, 0.15) is 5.82 Å². The summed E-state index contributed by atoms with van der Waals surface area (Å²) in [6, 6.07) is 6.14. The number of hydrogen-bond donors (Lipinski definition) is 2. The Morgan fingerprint density at radius 2 is 2.00 bits per heavy atom. The zero-order valence-electron chi connectivity index (χ0n) is 13.9. The second kappa shape index (κ2) is 6.46. The van der Waals surface area contributed by atoms with Gasteiger partial charge in [0.25, 0.3) is 0 Å². The van der Waals surface area contributed by atoms with Crippen molar-refractivity contribution in [2.24, 2.45) is 11.7 Å². The molecule has 2 heterocycles. The van der Waals surface area contributed by atoms with Crippen LogP contribution in [-0.4, -0.2) is 20.2 Å². The standard InChI is InChI=1S/C18H23N5/c1-4-16-14-8-12(13-9-20-21-10-13)5-6-17(14)23-18(22-16)15(19)7-11(2)3/h5-6,8-11,15H,4,7,19H2,1-3H3,(H,20,21). The molecule has 23 heavy (non-hydrogen) atoms. The Kier molecular flexibility index (Phi) is 4.39. The van der Waals surface area contributed by atoms with Crippen LogP contribution in [-0.2, 0) is 6.42 Å². The van der Waals surface area contributed by atoms with Crippen molar-refractivity contribution in [3.05, 3.63) is 42.1 Å². The molecule has 0 radical (unpaired) electrons. The molecule has 5 nitrogen and oxygen atoms in total. The molecule has 1 unspecified atom stereocenters. The first-order valence-corrected chi connectivity index (χ1v) is 8.13. The van der Waals surface area contributed by atoms with Crippen molar-refractivity contribution in [2.45, 2.75) is 39.7 Å². The van der Waals surface area contributed by atoms with Crippen LogP contribution in [0.5, 0.6) is 0 Å². The molecule has 2 aromatic heterocycles. The summed E-state index contributed by atoms with van der Waals surface area (Å²) in [6.45, 7) is 6.45. The van der Waals surface area contributed by atoms with Crippen molar-refractivity contribution in [1.82, 2.24) is 20.2 Å². The molecule has 1 aromatic carbocycles. The van der Waals surface area contributed by atoms with Gasteiger partial charge in [-0.25, -0.2) is 9.97 Å². The summed E-state index contributed by atoms with van der Waals surface area (Å²) in [6.07, 6.45) is 5.46. The summed E-state index contributed by atoms with van der Waals surface area (Å²) < 4.78 is 0. The van der Waals surface area contributed by atoms with Gasteiger partial charge >= 0.3 is 0 Å². The van der Waals surface area contributed by atoms with E-state index in [2.05, 4.69) is 43.1 Å². The lowest BCUT2D eigenvalue weighted by atomic mass is 10.0. The van der Waals surface area contributed by atoms with E-state index in [0.29, 0.717) is 5.92 Å². The lowest BCUT2D eigenvalue weighted by molar-refractivity contribution is 0.493. The molecule has 0 aliphatic rings. The number of nitrogens with two attached hydrogens (primary N) is 1. The van der Waals surface area contributed by atoms with Crippen LogP contribution in [0.25, 0.3) is 22.0 Å². The monoisotopic (exact) mass is 309 g/mol. The van der Waals surface area contributed by atoms with Gasteiger partial charge in [-0.3, -0.25) is 5.10 Å². The number of aromatic nitrogens is 4. The van der Waals surface area contributed by atoms with E-state index in [4.69, 9.17) is 15.7 Å². The summed E-state index contributed by atoms with van der Waals surface area (Å²) in [5, 5.41) is 7.95. The molecule has 3 aromatic rings. The summed E-state index contributed by atoms with van der Waals surface area (Å²) in [7, 11) is 0. The van der Waals surface area contributed by atoms with Crippen molar-refractivity contribution in [3.63, 3.8) is 0 Å². The van der Waals surface area contributed by atoms with Crippen LogP contribution in [0, 0.1) is 5.92 Å². The Morgan fingerprint density at radius 1 is 1.17 bits per heavy atom. The molecule has 1 atom stereocenters. The third kappa shape index (κ3) is 3.24. The number of nitrogens with zero attached hydrogens (tertiary/aromatic N) is 3. The van der Waals surface area contributed by atoms with Crippen LogP contribution in [0.1, 0.15) is 44.8 Å². The molecule has 0 spiro atoms. The van der Waals surface area contributed by atoms with Gasteiger partial charge in [0.2, 0.25) is 0 Å². The molecule has 0 aliphatic heterocycles. The fraction of sp³-hybridized carbons (Fsp3) is 0.389. The molecule has 0 fully saturated rings. The number of benzene rings is 1. The topological polar surface area (TPSA) is 80.5 Å². The zero-order valence-corrected chi connectivity index (χ0v) is 13.9. The number of nitrogens with one attached hydrogen (secondary N) is 1. The molecular weight excluding hydrogens is 286 g/mol. The highest BCUT2D eigenvalue weighted by atomic mass is 15.1. The third-order valence-electron chi connectivity index (χ3n) is 4.02. The lowest BCUT2D eigenvalue weighted by Gasteiger charge is -2.15. The van der Waals surface area contributed by atoms with E-state index in [1.807, 2.05) is 18.5 Å². The molecule has 5 heteroatoms. The van der Waals surface area contributed by atoms with Crippen molar-refractivity contribution in [3.8, 4) is 11.1 Å². The van der Waals surface area contributed by atoms with Crippen LogP contribution in [0.3, 0.4) is 0 Å². The van der Waals surface area contributed by atoms with E-state index in [0.717, 1.165) is 46.4 Å². The van der Waals surface area contributed by atoms with Crippen LogP contribution in [0.15, 0.2) is 30.6 Å². The minimum atomic E-state index is -0.113. The van der Waals surface area contributed by atoms with Gasteiger partial charge in [-0.15, -0.1) is 0 Å². The van der Waals surface area contributed by atoms with E-state index in [1.54, 1.807) is 0 Å². The summed E-state index contributed by atoms with van der Waals surface area (Å²) >= 11 is 0. The van der Waals surface area contributed by atoms with Gasteiger partial charge in [0.05, 0.1) is 23.4 Å². The minimum Gasteiger partial charge on any atom is -0.321 e. The zero-order chi connectivity index (χ0) is 16.4. The van der Waals surface area contributed by atoms with Gasteiger partial charge in [0.15, 0.2) is 0 Å². The predicted octanol–water partition coefficient (Wildman–Crippen LogP) is 3.63. The summed E-state index contributed by atoms with van der Waals surface area (Å²) in [5.74, 6) is 1.27. The number of rotatable bonds is 5.